The Kier molecular flexibility index (Phi) is 2.53. The van der Waals surface area contributed by atoms with Crippen LogP contribution < -0.4 is 5.73 Å². The molecule has 0 bridgehead atoms. The molecule has 18 heavy (non-hydrogen) atoms. The highest BCUT2D eigenvalue weighted by Gasteiger charge is 2.13. The van der Waals surface area contributed by atoms with Gasteiger partial charge in [0.15, 0.2) is 5.78 Å². The Morgan fingerprint density at radius 3 is 3.00 bits per heavy atom. The van der Waals surface area contributed by atoms with Crippen LogP contribution in [0.3, 0.4) is 0 Å². The van der Waals surface area contributed by atoms with Crippen LogP contribution in [0, 0.1) is 0 Å². The molecule has 3 heterocycles. The summed E-state index contributed by atoms with van der Waals surface area (Å²) in [5.41, 5.74) is 8.05. The molecular weight excluding hydrogens is 246 g/mol. The summed E-state index contributed by atoms with van der Waals surface area (Å²) < 4.78 is 0.989. The molecule has 4 nitrogen and oxygen atoms in total. The highest BCUT2D eigenvalue weighted by atomic mass is 32.1. The highest BCUT2D eigenvalue weighted by molar-refractivity contribution is 7.17. The first-order chi connectivity index (χ1) is 8.75. The third kappa shape index (κ3) is 1.74. The number of hydrogen-bond donors (Lipinski definition) is 1. The van der Waals surface area contributed by atoms with Gasteiger partial charge >= 0.3 is 0 Å². The zero-order chi connectivity index (χ0) is 12.5. The highest BCUT2D eigenvalue weighted by Crippen LogP contribution is 2.22. The maximum absolute atomic E-state index is 12.3. The average Bonchev–Trinajstić information content (AvgIpc) is 2.85. The van der Waals surface area contributed by atoms with Crippen LogP contribution in [-0.4, -0.2) is 15.8 Å². The molecule has 3 aromatic heterocycles. The van der Waals surface area contributed by atoms with Crippen molar-refractivity contribution in [2.75, 3.05) is 5.73 Å². The van der Waals surface area contributed by atoms with E-state index in [-0.39, 0.29) is 5.78 Å². The number of pyridine rings is 2. The van der Waals surface area contributed by atoms with Crippen LogP contribution in [0.1, 0.15) is 15.9 Å². The number of ketones is 1. The van der Waals surface area contributed by atoms with E-state index in [0.29, 0.717) is 16.8 Å². The SMILES string of the molecule is Nc1ccncc1C(=O)c1cnc2ccsc2c1. The van der Waals surface area contributed by atoms with Gasteiger partial charge in [-0.15, -0.1) is 11.3 Å². The van der Waals surface area contributed by atoms with Crippen molar-refractivity contribution in [2.24, 2.45) is 0 Å². The van der Waals surface area contributed by atoms with Crippen LogP contribution in [-0.2, 0) is 0 Å². The minimum absolute atomic E-state index is 0.150. The molecule has 0 atom stereocenters. The maximum Gasteiger partial charge on any atom is 0.198 e. The Morgan fingerprint density at radius 2 is 2.17 bits per heavy atom. The van der Waals surface area contributed by atoms with Gasteiger partial charge in [0.05, 0.1) is 15.8 Å². The molecule has 0 aliphatic heterocycles. The van der Waals surface area contributed by atoms with Gasteiger partial charge in [0, 0.05) is 29.8 Å². The molecular formula is C13H9N3OS. The molecule has 3 rings (SSSR count). The Hall–Kier alpha value is -2.27. The summed E-state index contributed by atoms with van der Waals surface area (Å²) in [6.07, 6.45) is 4.62. The first-order valence-electron chi connectivity index (χ1n) is 5.33. The summed E-state index contributed by atoms with van der Waals surface area (Å²) in [4.78, 5) is 20.4. The van der Waals surface area contributed by atoms with E-state index >= 15 is 0 Å². The molecule has 0 aliphatic rings. The van der Waals surface area contributed by atoms with Crippen molar-refractivity contribution in [3.8, 4) is 0 Å². The van der Waals surface area contributed by atoms with E-state index in [1.807, 2.05) is 17.5 Å². The second-order valence-corrected chi connectivity index (χ2v) is 4.77. The lowest BCUT2D eigenvalue weighted by atomic mass is 10.1. The maximum atomic E-state index is 12.3. The van der Waals surface area contributed by atoms with E-state index in [1.54, 1.807) is 29.8 Å². The number of carbonyl (C=O) groups excluding carboxylic acids is 1. The number of anilines is 1. The lowest BCUT2D eigenvalue weighted by Crippen LogP contribution is -2.06. The summed E-state index contributed by atoms with van der Waals surface area (Å²) in [7, 11) is 0. The Morgan fingerprint density at radius 1 is 1.28 bits per heavy atom. The van der Waals surface area contributed by atoms with Crippen molar-refractivity contribution in [1.82, 2.24) is 9.97 Å². The standard InChI is InChI=1S/C13H9N3OS/c14-10-1-3-15-7-9(10)13(17)8-5-12-11(16-6-8)2-4-18-12/h1-7H,(H2,14,15). The summed E-state index contributed by atoms with van der Waals surface area (Å²) >= 11 is 1.56. The summed E-state index contributed by atoms with van der Waals surface area (Å²) in [5, 5.41) is 1.95. The molecule has 0 radical (unpaired) electrons. The molecule has 2 N–H and O–H groups in total. The molecule has 3 aromatic rings. The topological polar surface area (TPSA) is 68.9 Å². The predicted molar refractivity (Wildman–Crippen MR) is 71.7 cm³/mol. The summed E-state index contributed by atoms with van der Waals surface area (Å²) in [6, 6.07) is 5.37. The van der Waals surface area contributed by atoms with E-state index in [2.05, 4.69) is 9.97 Å². The van der Waals surface area contributed by atoms with Crippen LogP contribution in [0.2, 0.25) is 0 Å². The van der Waals surface area contributed by atoms with Crippen molar-refractivity contribution >= 4 is 33.0 Å². The number of nitrogen functional groups attached to an aromatic ring is 1. The fourth-order valence-electron chi connectivity index (χ4n) is 1.72. The summed E-state index contributed by atoms with van der Waals surface area (Å²) in [6.45, 7) is 0. The van der Waals surface area contributed by atoms with Crippen molar-refractivity contribution in [3.63, 3.8) is 0 Å². The van der Waals surface area contributed by atoms with Gasteiger partial charge < -0.3 is 5.73 Å². The van der Waals surface area contributed by atoms with Gasteiger partial charge in [-0.3, -0.25) is 14.8 Å². The molecule has 0 saturated carbocycles. The van der Waals surface area contributed by atoms with Gasteiger partial charge in [-0.05, 0) is 23.6 Å². The second-order valence-electron chi connectivity index (χ2n) is 3.82. The largest absolute Gasteiger partial charge is 0.398 e. The van der Waals surface area contributed by atoms with E-state index in [1.165, 1.54) is 6.20 Å². The lowest BCUT2D eigenvalue weighted by Gasteiger charge is -2.03. The average molecular weight is 255 g/mol. The predicted octanol–water partition coefficient (Wildman–Crippen LogP) is 2.50. The number of fused-ring (bicyclic) bond motifs is 1. The van der Waals surface area contributed by atoms with E-state index in [4.69, 9.17) is 5.73 Å². The van der Waals surface area contributed by atoms with Crippen LogP contribution in [0.5, 0.6) is 0 Å². The zero-order valence-electron chi connectivity index (χ0n) is 9.33. The van der Waals surface area contributed by atoms with Crippen molar-refractivity contribution in [3.05, 3.63) is 53.3 Å². The Bertz CT molecular complexity index is 736. The minimum atomic E-state index is -0.150. The molecule has 5 heteroatoms. The van der Waals surface area contributed by atoms with Gasteiger partial charge in [0.25, 0.3) is 0 Å². The smallest absolute Gasteiger partial charge is 0.198 e. The first kappa shape index (κ1) is 10.9. The van der Waals surface area contributed by atoms with Gasteiger partial charge in [-0.1, -0.05) is 0 Å². The first-order valence-corrected chi connectivity index (χ1v) is 6.21. The molecule has 0 fully saturated rings. The second kappa shape index (κ2) is 4.19. The van der Waals surface area contributed by atoms with Crippen LogP contribution in [0.15, 0.2) is 42.2 Å². The quantitative estimate of drug-likeness (QED) is 0.714. The fraction of sp³-hybridized carbons (Fsp3) is 0. The molecule has 0 aliphatic carbocycles. The van der Waals surface area contributed by atoms with Gasteiger partial charge in [-0.25, -0.2) is 0 Å². The number of rotatable bonds is 2. The molecule has 0 aromatic carbocycles. The molecule has 88 valence electrons. The van der Waals surface area contributed by atoms with Gasteiger partial charge in [-0.2, -0.15) is 0 Å². The normalized spacial score (nSPS) is 10.7. The lowest BCUT2D eigenvalue weighted by molar-refractivity contribution is 0.103. The number of nitrogens with zero attached hydrogens (tertiary/aromatic N) is 2. The third-order valence-electron chi connectivity index (χ3n) is 2.66. The Labute approximate surface area is 107 Å². The molecule has 0 unspecified atom stereocenters. The van der Waals surface area contributed by atoms with Crippen molar-refractivity contribution < 1.29 is 4.79 Å². The summed E-state index contributed by atoms with van der Waals surface area (Å²) in [5.74, 6) is -0.150. The fourth-order valence-corrected chi connectivity index (χ4v) is 2.50. The van der Waals surface area contributed by atoms with E-state index < -0.39 is 0 Å². The zero-order valence-corrected chi connectivity index (χ0v) is 10.1. The Balaban J connectivity index is 2.09. The molecule has 0 spiro atoms. The van der Waals surface area contributed by atoms with Crippen LogP contribution in [0.4, 0.5) is 5.69 Å². The third-order valence-corrected chi connectivity index (χ3v) is 3.52. The van der Waals surface area contributed by atoms with Gasteiger partial charge in [0.1, 0.15) is 0 Å². The van der Waals surface area contributed by atoms with E-state index in [0.717, 1.165) is 10.2 Å². The molecule has 0 amide bonds. The van der Waals surface area contributed by atoms with Crippen molar-refractivity contribution in [2.45, 2.75) is 0 Å². The monoisotopic (exact) mass is 255 g/mol. The van der Waals surface area contributed by atoms with E-state index in [9.17, 15) is 4.79 Å². The number of aromatic nitrogens is 2. The van der Waals surface area contributed by atoms with Crippen LogP contribution >= 0.6 is 11.3 Å². The number of nitrogens with two attached hydrogens (primary N) is 1. The number of thiophene rings is 1. The minimum Gasteiger partial charge on any atom is -0.398 e. The molecule has 0 saturated heterocycles. The van der Waals surface area contributed by atoms with Crippen molar-refractivity contribution in [1.29, 1.82) is 0 Å². The van der Waals surface area contributed by atoms with Crippen LogP contribution in [0.25, 0.3) is 10.2 Å². The number of hydrogen-bond acceptors (Lipinski definition) is 5. The van der Waals surface area contributed by atoms with Gasteiger partial charge in [0.2, 0.25) is 0 Å². The number of carbonyl (C=O) groups is 1.